The zero-order valence-corrected chi connectivity index (χ0v) is 19.4. The van der Waals surface area contributed by atoms with Crippen molar-refractivity contribution in [1.29, 1.82) is 0 Å². The van der Waals surface area contributed by atoms with Crippen LogP contribution in [-0.4, -0.2) is 28.2 Å². The minimum Gasteiger partial charge on any atom is -0.507 e. The second-order valence-corrected chi connectivity index (χ2v) is 8.92. The van der Waals surface area contributed by atoms with Gasteiger partial charge in [-0.25, -0.2) is 4.39 Å². The Balaban J connectivity index is 1.58. The van der Waals surface area contributed by atoms with Gasteiger partial charge in [-0.05, 0) is 58.7 Å². The zero-order chi connectivity index (χ0) is 24.5. The molecular formula is C29H21ClFNO3. The molecule has 1 N–H and O–H groups in total. The third-order valence-corrected chi connectivity index (χ3v) is 6.56. The van der Waals surface area contributed by atoms with E-state index in [4.69, 9.17) is 11.6 Å². The van der Waals surface area contributed by atoms with Crippen molar-refractivity contribution in [2.24, 2.45) is 0 Å². The van der Waals surface area contributed by atoms with Crippen LogP contribution in [0.25, 0.3) is 16.5 Å². The first kappa shape index (κ1) is 22.8. The summed E-state index contributed by atoms with van der Waals surface area (Å²) in [5.74, 6) is -2.14. The van der Waals surface area contributed by atoms with Crippen LogP contribution in [0.4, 0.5) is 4.39 Å². The molecule has 0 aromatic heterocycles. The molecule has 0 bridgehead atoms. The monoisotopic (exact) mass is 485 g/mol. The predicted molar refractivity (Wildman–Crippen MR) is 135 cm³/mol. The van der Waals surface area contributed by atoms with Gasteiger partial charge in [0.05, 0.1) is 11.6 Å². The van der Waals surface area contributed by atoms with E-state index in [2.05, 4.69) is 0 Å². The Morgan fingerprint density at radius 2 is 1.57 bits per heavy atom. The van der Waals surface area contributed by atoms with E-state index < -0.39 is 23.5 Å². The molecule has 4 nitrogen and oxygen atoms in total. The molecule has 5 rings (SSSR count). The molecule has 1 atom stereocenters. The summed E-state index contributed by atoms with van der Waals surface area (Å²) >= 11 is 5.97. The molecule has 0 aliphatic carbocycles. The first-order chi connectivity index (χ1) is 16.9. The molecule has 174 valence electrons. The number of carbonyl (C=O) groups is 2. The number of carbonyl (C=O) groups excluding carboxylic acids is 2. The van der Waals surface area contributed by atoms with E-state index >= 15 is 0 Å². The first-order valence-electron chi connectivity index (χ1n) is 11.2. The lowest BCUT2D eigenvalue weighted by Gasteiger charge is -2.25. The standard InChI is InChI=1S/C29H21ClFNO3/c30-23-11-5-18(6-12-23)15-16-32-26(20-9-13-24(31)14-10-20)25(28(34)29(32)35)27(33)22-8-7-19-3-1-2-4-21(19)17-22/h1-14,17,26,33H,15-16H2/b27-25-. The average molecular weight is 486 g/mol. The Hall–Kier alpha value is -3.96. The van der Waals surface area contributed by atoms with Gasteiger partial charge >= 0.3 is 0 Å². The summed E-state index contributed by atoms with van der Waals surface area (Å²) in [5, 5.41) is 13.8. The highest BCUT2D eigenvalue weighted by atomic mass is 35.5. The fourth-order valence-electron chi connectivity index (χ4n) is 4.50. The van der Waals surface area contributed by atoms with E-state index in [1.165, 1.54) is 29.2 Å². The van der Waals surface area contributed by atoms with Gasteiger partial charge in [0, 0.05) is 17.1 Å². The van der Waals surface area contributed by atoms with E-state index in [0.29, 0.717) is 22.6 Å². The van der Waals surface area contributed by atoms with Gasteiger partial charge in [0.15, 0.2) is 0 Å². The summed E-state index contributed by atoms with van der Waals surface area (Å²) in [4.78, 5) is 27.8. The Kier molecular flexibility index (Phi) is 6.10. The number of nitrogens with zero attached hydrogens (tertiary/aromatic N) is 1. The highest BCUT2D eigenvalue weighted by Gasteiger charge is 2.45. The van der Waals surface area contributed by atoms with Gasteiger partial charge in [-0.2, -0.15) is 0 Å². The lowest BCUT2D eigenvalue weighted by molar-refractivity contribution is -0.139. The van der Waals surface area contributed by atoms with Gasteiger partial charge in [0.25, 0.3) is 11.7 Å². The van der Waals surface area contributed by atoms with Crippen LogP contribution in [0.2, 0.25) is 5.02 Å². The first-order valence-corrected chi connectivity index (χ1v) is 11.6. The lowest BCUT2D eigenvalue weighted by atomic mass is 9.94. The summed E-state index contributed by atoms with van der Waals surface area (Å²) in [6.07, 6.45) is 0.484. The van der Waals surface area contributed by atoms with Crippen molar-refractivity contribution in [1.82, 2.24) is 4.90 Å². The van der Waals surface area contributed by atoms with Gasteiger partial charge in [-0.15, -0.1) is 0 Å². The number of halogens is 2. The molecule has 1 saturated heterocycles. The molecule has 6 heteroatoms. The van der Waals surface area contributed by atoms with Crippen LogP contribution in [0.5, 0.6) is 0 Å². The van der Waals surface area contributed by atoms with Crippen molar-refractivity contribution < 1.29 is 19.1 Å². The number of aliphatic hydroxyl groups excluding tert-OH is 1. The van der Waals surface area contributed by atoms with Crippen LogP contribution in [0.15, 0.2) is 96.6 Å². The Morgan fingerprint density at radius 1 is 0.886 bits per heavy atom. The summed E-state index contributed by atoms with van der Waals surface area (Å²) < 4.78 is 13.7. The van der Waals surface area contributed by atoms with Crippen molar-refractivity contribution in [2.45, 2.75) is 12.5 Å². The number of fused-ring (bicyclic) bond motifs is 1. The number of Topliss-reactive ketones (excluding diaryl/α,β-unsaturated/α-hetero) is 1. The summed E-state index contributed by atoms with van der Waals surface area (Å²) in [5.41, 5.74) is 1.92. The maximum Gasteiger partial charge on any atom is 0.295 e. The molecule has 1 heterocycles. The smallest absolute Gasteiger partial charge is 0.295 e. The number of ketones is 1. The Morgan fingerprint density at radius 3 is 2.29 bits per heavy atom. The van der Waals surface area contributed by atoms with Crippen LogP contribution in [0.3, 0.4) is 0 Å². The highest BCUT2D eigenvalue weighted by Crippen LogP contribution is 2.39. The van der Waals surface area contributed by atoms with E-state index in [1.807, 2.05) is 42.5 Å². The van der Waals surface area contributed by atoms with E-state index in [1.54, 1.807) is 24.3 Å². The van der Waals surface area contributed by atoms with Gasteiger partial charge in [0.1, 0.15) is 11.6 Å². The SMILES string of the molecule is O=C1C(=O)N(CCc2ccc(Cl)cc2)C(c2ccc(F)cc2)/C1=C(/O)c1ccc2ccccc2c1. The van der Waals surface area contributed by atoms with Crippen LogP contribution in [0.1, 0.15) is 22.7 Å². The minimum atomic E-state index is -0.839. The predicted octanol–water partition coefficient (Wildman–Crippen LogP) is 6.30. The van der Waals surface area contributed by atoms with E-state index in [9.17, 15) is 19.1 Å². The number of amides is 1. The molecule has 1 fully saturated rings. The highest BCUT2D eigenvalue weighted by molar-refractivity contribution is 6.46. The van der Waals surface area contributed by atoms with Crippen LogP contribution in [0, 0.1) is 5.82 Å². The molecule has 35 heavy (non-hydrogen) atoms. The molecule has 1 aliphatic heterocycles. The molecule has 0 saturated carbocycles. The van der Waals surface area contributed by atoms with E-state index in [-0.39, 0.29) is 17.9 Å². The zero-order valence-electron chi connectivity index (χ0n) is 18.6. The largest absolute Gasteiger partial charge is 0.507 e. The normalized spacial score (nSPS) is 17.3. The summed E-state index contributed by atoms with van der Waals surface area (Å²) in [6, 6.07) is 25.1. The molecule has 0 spiro atoms. The quantitative estimate of drug-likeness (QED) is 0.205. The van der Waals surface area contributed by atoms with Gasteiger partial charge in [-0.1, -0.05) is 72.3 Å². The molecule has 0 radical (unpaired) electrons. The van der Waals surface area contributed by atoms with Crippen LogP contribution >= 0.6 is 11.6 Å². The third-order valence-electron chi connectivity index (χ3n) is 6.30. The molecule has 1 amide bonds. The van der Waals surface area contributed by atoms with Gasteiger partial charge in [-0.3, -0.25) is 9.59 Å². The number of hydrogen-bond donors (Lipinski definition) is 1. The topological polar surface area (TPSA) is 57.6 Å². The van der Waals surface area contributed by atoms with Crippen molar-refractivity contribution in [3.05, 3.63) is 124 Å². The lowest BCUT2D eigenvalue weighted by Crippen LogP contribution is -2.31. The number of rotatable bonds is 5. The van der Waals surface area contributed by atoms with Crippen molar-refractivity contribution in [3.8, 4) is 0 Å². The van der Waals surface area contributed by atoms with Crippen molar-refractivity contribution in [2.75, 3.05) is 6.54 Å². The summed E-state index contributed by atoms with van der Waals surface area (Å²) in [6.45, 7) is 0.239. The molecule has 4 aromatic carbocycles. The number of benzene rings is 4. The van der Waals surface area contributed by atoms with Crippen molar-refractivity contribution >= 4 is 39.8 Å². The second kappa shape index (κ2) is 9.35. The fourth-order valence-corrected chi connectivity index (χ4v) is 4.62. The Labute approximate surface area is 206 Å². The number of likely N-dealkylation sites (tertiary alicyclic amines) is 1. The number of aliphatic hydroxyl groups is 1. The maximum atomic E-state index is 13.7. The maximum absolute atomic E-state index is 13.7. The average Bonchev–Trinajstić information content (AvgIpc) is 3.13. The summed E-state index contributed by atoms with van der Waals surface area (Å²) in [7, 11) is 0. The third kappa shape index (κ3) is 4.43. The van der Waals surface area contributed by atoms with Crippen molar-refractivity contribution in [3.63, 3.8) is 0 Å². The fraction of sp³-hybridized carbons (Fsp3) is 0.103. The van der Waals surface area contributed by atoms with Crippen LogP contribution in [-0.2, 0) is 16.0 Å². The number of hydrogen-bond acceptors (Lipinski definition) is 3. The molecule has 1 aliphatic rings. The van der Waals surface area contributed by atoms with Gasteiger partial charge in [0.2, 0.25) is 0 Å². The van der Waals surface area contributed by atoms with Crippen LogP contribution < -0.4 is 0 Å². The second-order valence-electron chi connectivity index (χ2n) is 8.48. The minimum absolute atomic E-state index is 0.00649. The molecule has 1 unspecified atom stereocenters. The molecule has 4 aromatic rings. The Bertz CT molecular complexity index is 1460. The molecular weight excluding hydrogens is 465 g/mol. The van der Waals surface area contributed by atoms with E-state index in [0.717, 1.165) is 16.3 Å². The van der Waals surface area contributed by atoms with Gasteiger partial charge < -0.3 is 10.0 Å².